The minimum Gasteiger partial charge on any atom is -0.444 e. The van der Waals surface area contributed by atoms with Gasteiger partial charge in [-0.05, 0) is 77.5 Å². The minimum atomic E-state index is -1.04. The van der Waals surface area contributed by atoms with Crippen LogP contribution in [0.5, 0.6) is 0 Å². The molecule has 0 aliphatic heterocycles. The monoisotopic (exact) mass is 587 g/mol. The highest BCUT2D eigenvalue weighted by Crippen LogP contribution is 2.15. The summed E-state index contributed by atoms with van der Waals surface area (Å²) in [5.41, 5.74) is 1.33. The Hall–Kier alpha value is -3.18. The number of hydrogen-bond acceptors (Lipinski definition) is 8. The van der Waals surface area contributed by atoms with Gasteiger partial charge in [0.15, 0.2) is 0 Å². The first kappa shape index (κ1) is 35.0. The topological polar surface area (TPSA) is 149 Å². The molecule has 4 atom stereocenters. The van der Waals surface area contributed by atoms with Gasteiger partial charge in [0.25, 0.3) is 0 Å². The van der Waals surface area contributed by atoms with Crippen LogP contribution in [0.25, 0.3) is 0 Å². The van der Waals surface area contributed by atoms with Crippen molar-refractivity contribution in [2.45, 2.75) is 96.3 Å². The van der Waals surface area contributed by atoms with Gasteiger partial charge >= 0.3 is 12.2 Å². The van der Waals surface area contributed by atoms with Crippen LogP contribution < -0.4 is 16.0 Å². The van der Waals surface area contributed by atoms with Gasteiger partial charge in [-0.15, -0.1) is 0 Å². The molecular formula is C32H49N3O7. The Kier molecular flexibility index (Phi) is 13.7. The highest BCUT2D eigenvalue weighted by Gasteiger charge is 2.28. The van der Waals surface area contributed by atoms with Crippen LogP contribution in [-0.4, -0.2) is 82.7 Å². The summed E-state index contributed by atoms with van der Waals surface area (Å²) in [7, 11) is 0. The van der Waals surface area contributed by atoms with Gasteiger partial charge in [-0.3, -0.25) is 0 Å². The largest absolute Gasteiger partial charge is 0.444 e. The molecule has 234 valence electrons. The SMILES string of the molecule is CC(C)(C)OC(=O)N[C@@H](Cc1ccccc1)[C@@H](O)CNCC(O)[C@@H](Cc1ccccc1CCO)NC(=O)OC(C)(C)C. The van der Waals surface area contributed by atoms with Crippen LogP contribution in [0, 0.1) is 0 Å². The Morgan fingerprint density at radius 2 is 1.17 bits per heavy atom. The summed E-state index contributed by atoms with van der Waals surface area (Å²) in [6.07, 6.45) is -2.22. The molecule has 0 saturated carbocycles. The average molecular weight is 588 g/mol. The van der Waals surface area contributed by atoms with Gasteiger partial charge in [-0.25, -0.2) is 9.59 Å². The first-order valence-corrected chi connectivity index (χ1v) is 14.4. The third-order valence-electron chi connectivity index (χ3n) is 6.28. The van der Waals surface area contributed by atoms with E-state index >= 15 is 0 Å². The van der Waals surface area contributed by atoms with Crippen molar-refractivity contribution in [1.29, 1.82) is 0 Å². The summed E-state index contributed by atoms with van der Waals surface area (Å²) < 4.78 is 10.8. The number of nitrogens with one attached hydrogen (secondary N) is 3. The first-order valence-electron chi connectivity index (χ1n) is 14.4. The standard InChI is InChI=1S/C32H49N3O7/c1-31(2,3)41-29(39)34-25(18-22-12-8-7-9-13-22)27(37)20-33-21-28(38)26(35-30(40)42-32(4,5)6)19-24-15-11-10-14-23(24)16-17-36/h7-15,25-28,33,36-38H,16-21H2,1-6H3,(H,34,39)(H,35,40)/t25-,26+,27-,28?/m0/s1. The maximum Gasteiger partial charge on any atom is 0.407 e. The highest BCUT2D eigenvalue weighted by atomic mass is 16.6. The molecule has 0 heterocycles. The molecular weight excluding hydrogens is 538 g/mol. The third-order valence-corrected chi connectivity index (χ3v) is 6.28. The molecule has 10 heteroatoms. The van der Waals surface area contributed by atoms with Gasteiger partial charge < -0.3 is 40.7 Å². The first-order chi connectivity index (χ1) is 19.7. The number of rotatable bonds is 14. The van der Waals surface area contributed by atoms with E-state index in [1.54, 1.807) is 41.5 Å². The fraction of sp³-hybridized carbons (Fsp3) is 0.562. The van der Waals surface area contributed by atoms with Gasteiger partial charge in [-0.1, -0.05) is 54.6 Å². The van der Waals surface area contributed by atoms with Crippen LogP contribution in [0.15, 0.2) is 54.6 Å². The van der Waals surface area contributed by atoms with E-state index in [9.17, 15) is 24.9 Å². The lowest BCUT2D eigenvalue weighted by Gasteiger charge is -2.29. The number of benzene rings is 2. The predicted octanol–water partition coefficient (Wildman–Crippen LogP) is 3.10. The summed E-state index contributed by atoms with van der Waals surface area (Å²) in [4.78, 5) is 25.1. The second-order valence-corrected chi connectivity index (χ2v) is 12.4. The van der Waals surface area contributed by atoms with E-state index in [2.05, 4.69) is 16.0 Å². The summed E-state index contributed by atoms with van der Waals surface area (Å²) in [5, 5.41) is 40.3. The molecule has 2 amide bonds. The van der Waals surface area contributed by atoms with Crippen LogP contribution in [0.4, 0.5) is 9.59 Å². The Labute approximate surface area is 249 Å². The van der Waals surface area contributed by atoms with E-state index in [0.29, 0.717) is 19.3 Å². The zero-order valence-electron chi connectivity index (χ0n) is 25.7. The fourth-order valence-electron chi connectivity index (χ4n) is 4.37. The third kappa shape index (κ3) is 13.7. The molecule has 6 N–H and O–H groups in total. The molecule has 0 bridgehead atoms. The van der Waals surface area contributed by atoms with Crippen LogP contribution in [-0.2, 0) is 28.7 Å². The molecule has 0 radical (unpaired) electrons. The normalized spacial score (nSPS) is 14.8. The minimum absolute atomic E-state index is 0.0232. The van der Waals surface area contributed by atoms with E-state index < -0.39 is 47.7 Å². The number of alkyl carbamates (subject to hydrolysis) is 2. The smallest absolute Gasteiger partial charge is 0.407 e. The Balaban J connectivity index is 2.10. The molecule has 0 fully saturated rings. The highest BCUT2D eigenvalue weighted by molar-refractivity contribution is 5.68. The molecule has 0 aromatic heterocycles. The average Bonchev–Trinajstić information content (AvgIpc) is 2.87. The molecule has 42 heavy (non-hydrogen) atoms. The van der Waals surface area contributed by atoms with Crippen molar-refractivity contribution in [3.63, 3.8) is 0 Å². The summed E-state index contributed by atoms with van der Waals surface area (Å²) in [5.74, 6) is 0. The van der Waals surface area contributed by atoms with Gasteiger partial charge in [0, 0.05) is 19.7 Å². The summed E-state index contributed by atoms with van der Waals surface area (Å²) in [6, 6.07) is 15.7. The number of aliphatic hydroxyl groups is 3. The van der Waals surface area contributed by atoms with Crippen molar-refractivity contribution in [2.24, 2.45) is 0 Å². The van der Waals surface area contributed by atoms with Crippen molar-refractivity contribution in [3.8, 4) is 0 Å². The van der Waals surface area contributed by atoms with Crippen LogP contribution in [0.1, 0.15) is 58.2 Å². The molecule has 0 saturated heterocycles. The summed E-state index contributed by atoms with van der Waals surface area (Å²) >= 11 is 0. The zero-order valence-corrected chi connectivity index (χ0v) is 25.7. The van der Waals surface area contributed by atoms with Crippen molar-refractivity contribution < 1.29 is 34.4 Å². The van der Waals surface area contributed by atoms with E-state index in [1.165, 1.54) is 0 Å². The van der Waals surface area contributed by atoms with Gasteiger partial charge in [0.2, 0.25) is 0 Å². The van der Waals surface area contributed by atoms with E-state index in [4.69, 9.17) is 9.47 Å². The fourth-order valence-corrected chi connectivity index (χ4v) is 4.37. The number of carbonyl (C=O) groups excluding carboxylic acids is 2. The lowest BCUT2D eigenvalue weighted by atomic mass is 9.95. The number of amides is 2. The van der Waals surface area contributed by atoms with Crippen molar-refractivity contribution >= 4 is 12.2 Å². The number of aliphatic hydroxyl groups excluding tert-OH is 3. The molecule has 0 spiro atoms. The van der Waals surface area contributed by atoms with Crippen LogP contribution in [0.3, 0.4) is 0 Å². The molecule has 10 nitrogen and oxygen atoms in total. The molecule has 2 aromatic carbocycles. The number of hydrogen-bond donors (Lipinski definition) is 6. The summed E-state index contributed by atoms with van der Waals surface area (Å²) in [6.45, 7) is 10.7. The van der Waals surface area contributed by atoms with Crippen LogP contribution >= 0.6 is 0 Å². The maximum atomic E-state index is 12.6. The number of ether oxygens (including phenoxy) is 2. The van der Waals surface area contributed by atoms with Gasteiger partial charge in [0.1, 0.15) is 11.2 Å². The molecule has 2 rings (SSSR count). The number of carbonyl (C=O) groups is 2. The zero-order chi connectivity index (χ0) is 31.3. The second kappa shape index (κ2) is 16.5. The molecule has 0 aliphatic rings. The van der Waals surface area contributed by atoms with Crippen molar-refractivity contribution in [2.75, 3.05) is 19.7 Å². The van der Waals surface area contributed by atoms with Gasteiger partial charge in [0.05, 0.1) is 24.3 Å². The Morgan fingerprint density at radius 1 is 0.714 bits per heavy atom. The quantitative estimate of drug-likeness (QED) is 0.198. The lowest BCUT2D eigenvalue weighted by Crippen LogP contribution is -2.53. The molecule has 0 aliphatic carbocycles. The predicted molar refractivity (Wildman–Crippen MR) is 162 cm³/mol. The Bertz CT molecular complexity index is 1100. The molecule has 1 unspecified atom stereocenters. The van der Waals surface area contributed by atoms with Gasteiger partial charge in [-0.2, -0.15) is 0 Å². The van der Waals surface area contributed by atoms with Crippen molar-refractivity contribution in [3.05, 3.63) is 71.3 Å². The Morgan fingerprint density at radius 3 is 1.64 bits per heavy atom. The van der Waals surface area contributed by atoms with E-state index in [0.717, 1.165) is 16.7 Å². The van der Waals surface area contributed by atoms with Crippen LogP contribution in [0.2, 0.25) is 0 Å². The van der Waals surface area contributed by atoms with E-state index in [-0.39, 0.29) is 19.7 Å². The van der Waals surface area contributed by atoms with Crippen molar-refractivity contribution in [1.82, 2.24) is 16.0 Å². The lowest BCUT2D eigenvalue weighted by molar-refractivity contribution is 0.0399. The molecule has 2 aromatic rings. The maximum absolute atomic E-state index is 12.6. The van der Waals surface area contributed by atoms with E-state index in [1.807, 2.05) is 54.6 Å². The second-order valence-electron chi connectivity index (χ2n) is 12.4.